The van der Waals surface area contributed by atoms with Gasteiger partial charge in [0.1, 0.15) is 5.82 Å². The molecule has 0 radical (unpaired) electrons. The number of hydrogen-bond acceptors (Lipinski definition) is 4. The number of nitrogens with two attached hydrogens (primary N) is 1. The molecule has 1 saturated carbocycles. The van der Waals surface area contributed by atoms with Crippen LogP contribution < -0.4 is 11.1 Å². The molecule has 1 aromatic carbocycles. The van der Waals surface area contributed by atoms with Gasteiger partial charge in [0, 0.05) is 11.9 Å². The summed E-state index contributed by atoms with van der Waals surface area (Å²) in [5.41, 5.74) is 7.39. The molecule has 3 N–H and O–H groups in total. The Morgan fingerprint density at radius 1 is 1.22 bits per heavy atom. The van der Waals surface area contributed by atoms with Gasteiger partial charge in [0.25, 0.3) is 5.91 Å². The standard InChI is InChI=1S/C18H18N4O/c19-12-18(9-1-2-10-18)13-5-7-14(8-6-13)22-17(23)15-4-3-11-21-16(15)20/h3-8,11H,1-2,9-10H2,(H2,20,21)(H,22,23). The van der Waals surface area contributed by atoms with Crippen LogP contribution in [0.5, 0.6) is 0 Å². The Labute approximate surface area is 135 Å². The minimum absolute atomic E-state index is 0.205. The van der Waals surface area contributed by atoms with Crippen LogP contribution in [0.4, 0.5) is 11.5 Å². The molecule has 1 heterocycles. The molecular formula is C18H18N4O. The Balaban J connectivity index is 1.77. The van der Waals surface area contributed by atoms with E-state index in [0.29, 0.717) is 11.3 Å². The number of carbonyl (C=O) groups is 1. The molecule has 1 fully saturated rings. The smallest absolute Gasteiger partial charge is 0.259 e. The van der Waals surface area contributed by atoms with Gasteiger partial charge < -0.3 is 11.1 Å². The molecule has 5 heteroatoms. The molecule has 2 aromatic rings. The third-order valence-electron chi connectivity index (χ3n) is 4.45. The van der Waals surface area contributed by atoms with Crippen molar-refractivity contribution in [3.8, 4) is 6.07 Å². The molecule has 1 aliphatic rings. The Morgan fingerprint density at radius 3 is 2.52 bits per heavy atom. The highest BCUT2D eigenvalue weighted by Gasteiger charge is 2.35. The third-order valence-corrected chi connectivity index (χ3v) is 4.45. The second-order valence-corrected chi connectivity index (χ2v) is 5.87. The van der Waals surface area contributed by atoms with Crippen LogP contribution in [0.25, 0.3) is 0 Å². The molecule has 1 amide bonds. The number of benzene rings is 1. The second kappa shape index (κ2) is 6.09. The lowest BCUT2D eigenvalue weighted by Gasteiger charge is -2.21. The highest BCUT2D eigenvalue weighted by Crippen LogP contribution is 2.40. The highest BCUT2D eigenvalue weighted by molar-refractivity contribution is 6.07. The molecule has 0 saturated heterocycles. The molecule has 116 valence electrons. The molecule has 23 heavy (non-hydrogen) atoms. The number of hydrogen-bond donors (Lipinski definition) is 2. The largest absolute Gasteiger partial charge is 0.383 e. The summed E-state index contributed by atoms with van der Waals surface area (Å²) in [6.45, 7) is 0. The predicted molar refractivity (Wildman–Crippen MR) is 88.8 cm³/mol. The number of aromatic nitrogens is 1. The second-order valence-electron chi connectivity index (χ2n) is 5.87. The van der Waals surface area contributed by atoms with E-state index >= 15 is 0 Å². The maximum absolute atomic E-state index is 12.2. The van der Waals surface area contributed by atoms with E-state index in [1.54, 1.807) is 18.3 Å². The maximum atomic E-state index is 12.2. The summed E-state index contributed by atoms with van der Waals surface area (Å²) in [5.74, 6) is -0.0878. The van der Waals surface area contributed by atoms with Crippen molar-refractivity contribution in [3.05, 3.63) is 53.7 Å². The van der Waals surface area contributed by atoms with Crippen molar-refractivity contribution in [1.29, 1.82) is 5.26 Å². The zero-order chi connectivity index (χ0) is 16.3. The summed E-state index contributed by atoms with van der Waals surface area (Å²) in [6.07, 6.45) is 5.53. The SMILES string of the molecule is N#CC1(c2ccc(NC(=O)c3cccnc3N)cc2)CCCC1. The number of pyridine rings is 1. The van der Waals surface area contributed by atoms with Crippen LogP contribution in [-0.2, 0) is 5.41 Å². The lowest BCUT2D eigenvalue weighted by atomic mass is 9.80. The number of amides is 1. The Bertz CT molecular complexity index is 755. The minimum atomic E-state index is -0.365. The maximum Gasteiger partial charge on any atom is 0.259 e. The zero-order valence-corrected chi connectivity index (χ0v) is 12.7. The van der Waals surface area contributed by atoms with E-state index in [2.05, 4.69) is 16.4 Å². The van der Waals surface area contributed by atoms with Gasteiger partial charge in [-0.3, -0.25) is 4.79 Å². The molecule has 0 unspecified atom stereocenters. The molecular weight excluding hydrogens is 288 g/mol. The van der Waals surface area contributed by atoms with Crippen LogP contribution in [0.1, 0.15) is 41.6 Å². The molecule has 1 aliphatic carbocycles. The molecule has 1 aromatic heterocycles. The van der Waals surface area contributed by atoms with Crippen molar-refractivity contribution in [2.24, 2.45) is 0 Å². The summed E-state index contributed by atoms with van der Waals surface area (Å²) >= 11 is 0. The first kappa shape index (κ1) is 15.0. The van der Waals surface area contributed by atoms with Gasteiger partial charge in [-0.1, -0.05) is 25.0 Å². The van der Waals surface area contributed by atoms with Gasteiger partial charge in [-0.2, -0.15) is 5.26 Å². The van der Waals surface area contributed by atoms with E-state index in [9.17, 15) is 10.1 Å². The van der Waals surface area contributed by atoms with Crippen molar-refractivity contribution in [3.63, 3.8) is 0 Å². The van der Waals surface area contributed by atoms with Crippen LogP contribution >= 0.6 is 0 Å². The number of rotatable bonds is 3. The molecule has 0 aliphatic heterocycles. The third kappa shape index (κ3) is 2.88. The molecule has 0 bridgehead atoms. The van der Waals surface area contributed by atoms with E-state index in [1.807, 2.05) is 24.3 Å². The van der Waals surface area contributed by atoms with Crippen molar-refractivity contribution in [2.75, 3.05) is 11.1 Å². The molecule has 3 rings (SSSR count). The Hall–Kier alpha value is -2.87. The first-order chi connectivity index (χ1) is 11.1. The van der Waals surface area contributed by atoms with E-state index in [4.69, 9.17) is 5.73 Å². The number of anilines is 2. The van der Waals surface area contributed by atoms with Crippen molar-refractivity contribution >= 4 is 17.4 Å². The van der Waals surface area contributed by atoms with Crippen molar-refractivity contribution < 1.29 is 4.79 Å². The van der Waals surface area contributed by atoms with Crippen LogP contribution in [0, 0.1) is 11.3 Å². The Kier molecular flexibility index (Phi) is 3.98. The number of nitrogen functional groups attached to an aromatic ring is 1. The van der Waals surface area contributed by atoms with Gasteiger partial charge in [0.2, 0.25) is 0 Å². The number of nitrogens with one attached hydrogen (secondary N) is 1. The van der Waals surface area contributed by atoms with Gasteiger partial charge in [-0.25, -0.2) is 4.98 Å². The molecule has 5 nitrogen and oxygen atoms in total. The fraction of sp³-hybridized carbons (Fsp3) is 0.278. The van der Waals surface area contributed by atoms with Gasteiger partial charge >= 0.3 is 0 Å². The number of nitrogens with zero attached hydrogens (tertiary/aromatic N) is 2. The Morgan fingerprint density at radius 2 is 1.91 bits per heavy atom. The first-order valence-corrected chi connectivity index (χ1v) is 7.68. The molecule has 0 spiro atoms. The average Bonchev–Trinajstić information content (AvgIpc) is 3.06. The summed E-state index contributed by atoms with van der Waals surface area (Å²) in [6, 6.07) is 13.3. The zero-order valence-electron chi connectivity index (χ0n) is 12.7. The predicted octanol–water partition coefficient (Wildman–Crippen LogP) is 3.25. The van der Waals surface area contributed by atoms with Crippen LogP contribution in [0.15, 0.2) is 42.6 Å². The van der Waals surface area contributed by atoms with Gasteiger partial charge in [0.15, 0.2) is 0 Å². The van der Waals surface area contributed by atoms with E-state index in [1.165, 1.54) is 0 Å². The monoisotopic (exact) mass is 306 g/mol. The minimum Gasteiger partial charge on any atom is -0.383 e. The van der Waals surface area contributed by atoms with Crippen LogP contribution in [0.2, 0.25) is 0 Å². The average molecular weight is 306 g/mol. The van der Waals surface area contributed by atoms with Crippen LogP contribution in [0.3, 0.4) is 0 Å². The lowest BCUT2D eigenvalue weighted by molar-refractivity contribution is 0.102. The summed E-state index contributed by atoms with van der Waals surface area (Å²) < 4.78 is 0. The summed E-state index contributed by atoms with van der Waals surface area (Å²) in [7, 11) is 0. The van der Waals surface area contributed by atoms with E-state index < -0.39 is 0 Å². The number of carbonyl (C=O) groups excluding carboxylic acids is 1. The van der Waals surface area contributed by atoms with Crippen LogP contribution in [-0.4, -0.2) is 10.9 Å². The van der Waals surface area contributed by atoms with Gasteiger partial charge in [-0.05, 0) is 42.7 Å². The molecule has 0 atom stereocenters. The van der Waals surface area contributed by atoms with Crippen molar-refractivity contribution in [1.82, 2.24) is 4.98 Å². The number of nitriles is 1. The van der Waals surface area contributed by atoms with E-state index in [0.717, 1.165) is 31.2 Å². The van der Waals surface area contributed by atoms with Gasteiger partial charge in [0.05, 0.1) is 17.0 Å². The first-order valence-electron chi connectivity index (χ1n) is 7.68. The normalized spacial score (nSPS) is 15.8. The fourth-order valence-corrected chi connectivity index (χ4v) is 3.12. The lowest BCUT2D eigenvalue weighted by Crippen LogP contribution is -2.19. The van der Waals surface area contributed by atoms with Gasteiger partial charge in [-0.15, -0.1) is 0 Å². The highest BCUT2D eigenvalue weighted by atomic mass is 16.1. The van der Waals surface area contributed by atoms with E-state index in [-0.39, 0.29) is 17.1 Å². The summed E-state index contributed by atoms with van der Waals surface area (Å²) in [4.78, 5) is 16.1. The quantitative estimate of drug-likeness (QED) is 0.910. The summed E-state index contributed by atoms with van der Waals surface area (Å²) in [5, 5.41) is 12.3. The topological polar surface area (TPSA) is 91.8 Å². The van der Waals surface area contributed by atoms with Crippen molar-refractivity contribution in [2.45, 2.75) is 31.1 Å². The fourth-order valence-electron chi connectivity index (χ4n) is 3.12.